The number of aromatic nitrogens is 6. The molecule has 8 rings (SSSR count). The zero-order valence-corrected chi connectivity index (χ0v) is 31.4. The summed E-state index contributed by atoms with van der Waals surface area (Å²) in [6.07, 6.45) is 13.0. The van der Waals surface area contributed by atoms with Crippen molar-refractivity contribution in [2.45, 2.75) is 70.5 Å². The number of nitrogens with zero attached hydrogens (tertiary/aromatic N) is 5. The first kappa shape index (κ1) is 36.1. The molecular weight excluding hydrogens is 695 g/mol. The van der Waals surface area contributed by atoms with Gasteiger partial charge in [0.1, 0.15) is 24.0 Å². The lowest BCUT2D eigenvalue weighted by Crippen LogP contribution is -2.51. The Bertz CT molecular complexity index is 2130. The highest BCUT2D eigenvalue weighted by atomic mass is 16.5. The number of amides is 3. The molecule has 0 spiro atoms. The molecule has 55 heavy (non-hydrogen) atoms. The van der Waals surface area contributed by atoms with E-state index in [0.29, 0.717) is 24.9 Å². The second-order valence-electron chi connectivity index (χ2n) is 15.4. The third-order valence-corrected chi connectivity index (χ3v) is 11.8. The third-order valence-electron chi connectivity index (χ3n) is 11.8. The van der Waals surface area contributed by atoms with Crippen LogP contribution in [0, 0.1) is 23.7 Å². The van der Waals surface area contributed by atoms with Crippen LogP contribution in [0.2, 0.25) is 0 Å². The molecule has 0 radical (unpaired) electrons. The molecule has 3 amide bonds. The van der Waals surface area contributed by atoms with Gasteiger partial charge in [-0.25, -0.2) is 24.7 Å². The van der Waals surface area contributed by atoms with Gasteiger partial charge in [-0.15, -0.1) is 0 Å². The number of hydrogen-bond donors (Lipinski definition) is 4. The van der Waals surface area contributed by atoms with Crippen molar-refractivity contribution in [2.75, 3.05) is 13.7 Å². The van der Waals surface area contributed by atoms with Gasteiger partial charge in [-0.05, 0) is 72.1 Å². The summed E-state index contributed by atoms with van der Waals surface area (Å²) in [6.45, 7) is 4.84. The Morgan fingerprint density at radius 3 is 2.05 bits per heavy atom. The summed E-state index contributed by atoms with van der Waals surface area (Å²) in [4.78, 5) is 65.5. The second-order valence-corrected chi connectivity index (χ2v) is 15.4. The minimum absolute atomic E-state index is 0.0791. The average molecular weight is 742 g/mol. The molecule has 1 aliphatic heterocycles. The molecule has 4 N–H and O–H groups in total. The van der Waals surface area contributed by atoms with Gasteiger partial charge in [0.05, 0.1) is 42.9 Å². The highest BCUT2D eigenvalue weighted by Crippen LogP contribution is 2.56. The fraction of sp³-hybridized carbons (Fsp3) is 0.405. The van der Waals surface area contributed by atoms with Crippen LogP contribution in [0.1, 0.15) is 75.1 Å². The topological polar surface area (TPSA) is 171 Å². The van der Waals surface area contributed by atoms with E-state index in [9.17, 15) is 14.4 Å². The van der Waals surface area contributed by atoms with Crippen molar-refractivity contribution in [1.29, 1.82) is 0 Å². The molecule has 6 atom stereocenters. The molecule has 2 unspecified atom stereocenters. The number of aromatic amines is 2. The van der Waals surface area contributed by atoms with Crippen LogP contribution in [0.4, 0.5) is 4.79 Å². The highest BCUT2D eigenvalue weighted by molar-refractivity contribution is 5.86. The summed E-state index contributed by atoms with van der Waals surface area (Å²) in [5, 5.41) is 5.84. The monoisotopic (exact) mass is 741 g/mol. The number of likely N-dealkylation sites (tertiary alicyclic amines) is 1. The summed E-state index contributed by atoms with van der Waals surface area (Å²) in [5.41, 5.74) is 6.92. The Balaban J connectivity index is 0.918. The normalized spacial score (nSPS) is 22.2. The first-order valence-electron chi connectivity index (χ1n) is 19.2. The van der Waals surface area contributed by atoms with Crippen molar-refractivity contribution in [3.8, 4) is 33.6 Å². The van der Waals surface area contributed by atoms with E-state index in [2.05, 4.69) is 84.1 Å². The van der Waals surface area contributed by atoms with E-state index in [1.165, 1.54) is 13.4 Å². The zero-order chi connectivity index (χ0) is 38.1. The molecule has 3 aromatic heterocycles. The molecule has 1 saturated heterocycles. The number of carbonyl (C=O) groups is 3. The van der Waals surface area contributed by atoms with Gasteiger partial charge in [-0.2, -0.15) is 0 Å². The van der Waals surface area contributed by atoms with Crippen LogP contribution in [-0.4, -0.2) is 72.4 Å². The molecular formula is C42H47N9O4. The number of fused-ring (bicyclic) bond motifs is 2. The summed E-state index contributed by atoms with van der Waals surface area (Å²) in [7, 11) is 1.30. The number of benzene rings is 2. The van der Waals surface area contributed by atoms with E-state index in [0.717, 1.165) is 83.0 Å². The van der Waals surface area contributed by atoms with Gasteiger partial charge in [-0.3, -0.25) is 9.59 Å². The van der Waals surface area contributed by atoms with Crippen molar-refractivity contribution in [2.24, 2.45) is 23.7 Å². The predicted molar refractivity (Wildman–Crippen MR) is 206 cm³/mol. The molecule has 13 nitrogen and oxygen atoms in total. The maximum atomic E-state index is 13.5. The SMILES string of the molecule is COC(=O)N[C@H](C(=O)N1CCC[C@H]1c1ncc(-c2ccc(-c3ccc(-c4cnc([C@H]5C6CCC(C6)[C@@H]5C(=O)NCc5cncnc5)[nH]4)cc3)cc2)[nH]1)C(C)C. The maximum Gasteiger partial charge on any atom is 0.407 e. The smallest absolute Gasteiger partial charge is 0.407 e. The second kappa shape index (κ2) is 15.5. The lowest BCUT2D eigenvalue weighted by atomic mass is 9.78. The van der Waals surface area contributed by atoms with Crippen molar-refractivity contribution in [1.82, 2.24) is 45.4 Å². The van der Waals surface area contributed by atoms with Crippen LogP contribution in [0.15, 0.2) is 79.6 Å². The predicted octanol–water partition coefficient (Wildman–Crippen LogP) is 6.41. The fourth-order valence-electron chi connectivity index (χ4n) is 8.97. The van der Waals surface area contributed by atoms with E-state index < -0.39 is 12.1 Å². The minimum Gasteiger partial charge on any atom is -0.453 e. The van der Waals surface area contributed by atoms with Gasteiger partial charge in [0, 0.05) is 37.0 Å². The number of hydrogen-bond acceptors (Lipinski definition) is 8. The number of methoxy groups -OCH3 is 1. The molecule has 2 aliphatic carbocycles. The number of carbonyl (C=O) groups excluding carboxylic acids is 3. The summed E-state index contributed by atoms with van der Waals surface area (Å²) in [5.74, 6) is 2.31. The Morgan fingerprint density at radius 2 is 1.42 bits per heavy atom. The summed E-state index contributed by atoms with van der Waals surface area (Å²) in [6, 6.07) is 15.9. The highest BCUT2D eigenvalue weighted by Gasteiger charge is 2.52. The van der Waals surface area contributed by atoms with E-state index in [4.69, 9.17) is 9.72 Å². The quantitative estimate of drug-likeness (QED) is 0.120. The van der Waals surface area contributed by atoms with Crippen molar-refractivity contribution in [3.05, 3.63) is 96.9 Å². The molecule has 3 fully saturated rings. The van der Waals surface area contributed by atoms with Gasteiger partial charge in [-0.1, -0.05) is 62.4 Å². The molecule has 4 heterocycles. The van der Waals surface area contributed by atoms with Crippen molar-refractivity contribution >= 4 is 17.9 Å². The molecule has 13 heteroatoms. The Hall–Kier alpha value is -5.85. The number of rotatable bonds is 11. The first-order valence-corrected chi connectivity index (χ1v) is 19.2. The molecule has 5 aromatic rings. The van der Waals surface area contributed by atoms with E-state index in [1.807, 2.05) is 31.1 Å². The zero-order valence-electron chi connectivity index (χ0n) is 31.4. The standard InChI is InChI=1S/C42H47N9O4/c1-24(2)37(50-42(54)55-3)41(53)51-16-4-5-34(51)38-45-21-32(48-38)28-10-6-26(7-11-28)27-8-12-29(13-9-27)33-22-46-39(49-33)35-30-14-15-31(17-30)36(35)40(52)47-20-25-18-43-23-44-19-25/h6-13,18-19,21-24,30-31,34-37H,4-5,14-17,20H2,1-3H3,(H,45,48)(H,46,49)(H,47,52)(H,50,54)/t30?,31?,34-,35-,36-,37-/m0/s1. The van der Waals surface area contributed by atoms with Gasteiger partial charge in [0.2, 0.25) is 11.8 Å². The van der Waals surface area contributed by atoms with Crippen LogP contribution in [-0.2, 0) is 20.9 Å². The van der Waals surface area contributed by atoms with E-state index in [-0.39, 0.29) is 35.6 Å². The maximum absolute atomic E-state index is 13.5. The molecule has 2 bridgehead atoms. The number of nitrogens with one attached hydrogen (secondary N) is 4. The van der Waals surface area contributed by atoms with Crippen molar-refractivity contribution in [3.63, 3.8) is 0 Å². The number of alkyl carbamates (subject to hydrolysis) is 1. The van der Waals surface area contributed by atoms with Crippen LogP contribution >= 0.6 is 0 Å². The molecule has 284 valence electrons. The van der Waals surface area contributed by atoms with Gasteiger partial charge < -0.3 is 30.2 Å². The first-order chi connectivity index (χ1) is 26.8. The Morgan fingerprint density at radius 1 is 0.818 bits per heavy atom. The molecule has 2 aromatic carbocycles. The Labute approximate surface area is 320 Å². The Kier molecular flexibility index (Phi) is 10.2. The molecule has 3 aliphatic rings. The van der Waals surface area contributed by atoms with Crippen LogP contribution in [0.5, 0.6) is 0 Å². The fourth-order valence-corrected chi connectivity index (χ4v) is 8.97. The molecule has 2 saturated carbocycles. The van der Waals surface area contributed by atoms with Crippen LogP contribution in [0.3, 0.4) is 0 Å². The lowest BCUT2D eigenvalue weighted by molar-refractivity contribution is -0.135. The lowest BCUT2D eigenvalue weighted by Gasteiger charge is -2.30. The minimum atomic E-state index is -0.678. The van der Waals surface area contributed by atoms with Gasteiger partial charge in [0.25, 0.3) is 0 Å². The number of imidazole rings is 2. The largest absolute Gasteiger partial charge is 0.453 e. The summed E-state index contributed by atoms with van der Waals surface area (Å²) < 4.78 is 4.76. The van der Waals surface area contributed by atoms with E-state index >= 15 is 0 Å². The van der Waals surface area contributed by atoms with Crippen molar-refractivity contribution < 1.29 is 19.1 Å². The van der Waals surface area contributed by atoms with E-state index in [1.54, 1.807) is 12.4 Å². The third kappa shape index (κ3) is 7.35. The van der Waals surface area contributed by atoms with Gasteiger partial charge in [0.15, 0.2) is 0 Å². The van der Waals surface area contributed by atoms with Crippen LogP contribution in [0.25, 0.3) is 33.6 Å². The number of ether oxygens (including phenoxy) is 1. The summed E-state index contributed by atoms with van der Waals surface area (Å²) >= 11 is 0. The van der Waals surface area contributed by atoms with Gasteiger partial charge >= 0.3 is 6.09 Å². The average Bonchev–Trinajstić information content (AvgIpc) is 4.07. The van der Waals surface area contributed by atoms with Crippen LogP contribution < -0.4 is 10.6 Å². The number of H-pyrrole nitrogens is 2.